The van der Waals surface area contributed by atoms with Gasteiger partial charge in [0, 0.05) is 16.5 Å². The Hall–Kier alpha value is -1.10. The number of fused-ring (bicyclic) bond motifs is 2. The van der Waals surface area contributed by atoms with Crippen LogP contribution in [0.4, 0.5) is 0 Å². The van der Waals surface area contributed by atoms with Crippen LogP contribution >= 0.6 is 11.6 Å². The van der Waals surface area contributed by atoms with Crippen molar-refractivity contribution in [1.29, 1.82) is 0 Å². The second-order valence-electron chi connectivity index (χ2n) is 6.81. The fourth-order valence-corrected chi connectivity index (χ4v) is 4.03. The summed E-state index contributed by atoms with van der Waals surface area (Å²) >= 11 is 6.76. The number of rotatable bonds is 1. The lowest BCUT2D eigenvalue weighted by Crippen LogP contribution is -3.00. The minimum absolute atomic E-state index is 0. The summed E-state index contributed by atoms with van der Waals surface area (Å²) in [7, 11) is 4.55. The average molecular weight is 436 g/mol. The monoisotopic (exact) mass is 435 g/mol. The molecule has 4 rings (SSSR count). The number of quaternary nitrogens is 1. The van der Waals surface area contributed by atoms with Crippen LogP contribution in [-0.2, 0) is 13.1 Å². The maximum atomic E-state index is 6.76. The van der Waals surface area contributed by atoms with E-state index in [0.717, 1.165) is 22.6 Å². The molecule has 0 saturated carbocycles. The van der Waals surface area contributed by atoms with E-state index in [4.69, 9.17) is 11.6 Å². The maximum absolute atomic E-state index is 6.76. The molecule has 118 valence electrons. The first-order valence-corrected chi connectivity index (χ1v) is 8.04. The Balaban J connectivity index is 0.00000156. The Kier molecular flexibility index (Phi) is 4.43. The summed E-state index contributed by atoms with van der Waals surface area (Å²) in [5, 5.41) is 3.37. The van der Waals surface area contributed by atoms with E-state index in [1.54, 1.807) is 0 Å². The quantitative estimate of drug-likeness (QED) is 0.406. The van der Waals surface area contributed by atoms with Crippen molar-refractivity contribution in [1.82, 2.24) is 0 Å². The van der Waals surface area contributed by atoms with Gasteiger partial charge in [0.25, 0.3) is 0 Å². The predicted molar refractivity (Wildman–Crippen MR) is 93.9 cm³/mol. The van der Waals surface area contributed by atoms with Gasteiger partial charge >= 0.3 is 0 Å². The highest BCUT2D eigenvalue weighted by atomic mass is 127. The lowest BCUT2D eigenvalue weighted by atomic mass is 9.91. The SMILES string of the molecule is C[N+]1(C)Cc2c(c(-c3ccccc3)c3ccccc3c2Cl)C1.[I-]. The topological polar surface area (TPSA) is 0 Å². The zero-order valence-corrected chi connectivity index (χ0v) is 16.2. The number of hydrogen-bond donors (Lipinski definition) is 0. The van der Waals surface area contributed by atoms with E-state index in [1.165, 1.54) is 33.0 Å². The van der Waals surface area contributed by atoms with Gasteiger partial charge in [-0.2, -0.15) is 0 Å². The van der Waals surface area contributed by atoms with Crippen molar-refractivity contribution >= 4 is 22.4 Å². The minimum atomic E-state index is 0. The van der Waals surface area contributed by atoms with E-state index in [2.05, 4.69) is 68.7 Å². The van der Waals surface area contributed by atoms with Crippen molar-refractivity contribution in [2.24, 2.45) is 0 Å². The fraction of sp³-hybridized carbons (Fsp3) is 0.200. The standard InChI is InChI=1S/C20H19ClN.HI/c1-22(2)12-17-18(13-22)20(21)16-11-7-6-10-15(16)19(17)14-8-4-3-5-9-14;/h3-11H,12-13H2,1-2H3;1H/q+1;/p-1. The van der Waals surface area contributed by atoms with Crippen LogP contribution in [0.3, 0.4) is 0 Å². The molecule has 3 aromatic carbocycles. The molecule has 3 heteroatoms. The molecule has 0 radical (unpaired) electrons. The molecule has 0 fully saturated rings. The Morgan fingerprint density at radius 3 is 2.04 bits per heavy atom. The summed E-state index contributed by atoms with van der Waals surface area (Å²) in [5.74, 6) is 0. The zero-order chi connectivity index (χ0) is 15.3. The zero-order valence-electron chi connectivity index (χ0n) is 13.3. The van der Waals surface area contributed by atoms with Crippen LogP contribution in [0, 0.1) is 0 Å². The molecule has 3 aromatic rings. The van der Waals surface area contributed by atoms with Crippen molar-refractivity contribution in [3.8, 4) is 11.1 Å². The van der Waals surface area contributed by atoms with Crippen LogP contribution in [0.15, 0.2) is 54.6 Å². The first-order chi connectivity index (χ1) is 10.6. The molecule has 0 aromatic heterocycles. The van der Waals surface area contributed by atoms with Gasteiger partial charge in [0.15, 0.2) is 0 Å². The number of nitrogens with zero attached hydrogens (tertiary/aromatic N) is 1. The van der Waals surface area contributed by atoms with Gasteiger partial charge in [0.1, 0.15) is 13.1 Å². The molecular formula is C20H19ClIN. The van der Waals surface area contributed by atoms with E-state index in [9.17, 15) is 0 Å². The summed E-state index contributed by atoms with van der Waals surface area (Å²) < 4.78 is 0.964. The molecule has 1 aliphatic heterocycles. The lowest BCUT2D eigenvalue weighted by Gasteiger charge is -2.22. The Morgan fingerprint density at radius 1 is 0.783 bits per heavy atom. The van der Waals surface area contributed by atoms with Crippen molar-refractivity contribution in [3.63, 3.8) is 0 Å². The largest absolute Gasteiger partial charge is 1.00 e. The van der Waals surface area contributed by atoms with Crippen LogP contribution in [0.25, 0.3) is 21.9 Å². The van der Waals surface area contributed by atoms with Crippen LogP contribution in [-0.4, -0.2) is 18.6 Å². The van der Waals surface area contributed by atoms with E-state index < -0.39 is 0 Å². The van der Waals surface area contributed by atoms with Gasteiger partial charge in [-0.05, 0) is 16.5 Å². The third-order valence-corrected chi connectivity index (χ3v) is 5.03. The van der Waals surface area contributed by atoms with Gasteiger partial charge in [-0.3, -0.25) is 0 Å². The Bertz CT molecular complexity index is 872. The van der Waals surface area contributed by atoms with E-state index in [0.29, 0.717) is 0 Å². The van der Waals surface area contributed by atoms with E-state index >= 15 is 0 Å². The van der Waals surface area contributed by atoms with Gasteiger partial charge in [0.2, 0.25) is 0 Å². The van der Waals surface area contributed by atoms with Gasteiger partial charge in [-0.1, -0.05) is 66.2 Å². The molecule has 0 unspecified atom stereocenters. The third-order valence-electron chi connectivity index (χ3n) is 4.60. The highest BCUT2D eigenvalue weighted by Gasteiger charge is 2.33. The molecule has 0 bridgehead atoms. The van der Waals surface area contributed by atoms with Gasteiger partial charge in [0.05, 0.1) is 19.1 Å². The second kappa shape index (κ2) is 6.08. The van der Waals surface area contributed by atoms with E-state index in [1.807, 2.05) is 0 Å². The summed E-state index contributed by atoms with van der Waals surface area (Å²) in [5.41, 5.74) is 5.39. The molecule has 0 spiro atoms. The maximum Gasteiger partial charge on any atom is 0.106 e. The van der Waals surface area contributed by atoms with Crippen LogP contribution in [0.1, 0.15) is 11.1 Å². The lowest BCUT2D eigenvalue weighted by molar-refractivity contribution is -0.909. The Morgan fingerprint density at radius 2 is 1.35 bits per heavy atom. The van der Waals surface area contributed by atoms with Crippen molar-refractivity contribution < 1.29 is 28.5 Å². The van der Waals surface area contributed by atoms with Crippen molar-refractivity contribution in [2.45, 2.75) is 13.1 Å². The summed E-state index contributed by atoms with van der Waals surface area (Å²) in [6, 6.07) is 19.2. The average Bonchev–Trinajstić information content (AvgIpc) is 2.84. The minimum Gasteiger partial charge on any atom is -1.00 e. The van der Waals surface area contributed by atoms with Gasteiger partial charge in [-0.15, -0.1) is 0 Å². The molecule has 1 aliphatic rings. The van der Waals surface area contributed by atoms with Gasteiger partial charge < -0.3 is 28.5 Å². The van der Waals surface area contributed by atoms with Crippen LogP contribution in [0.2, 0.25) is 5.02 Å². The summed E-state index contributed by atoms with van der Waals surface area (Å²) in [6.45, 7) is 2.03. The highest BCUT2D eigenvalue weighted by Crippen LogP contribution is 2.44. The number of hydrogen-bond acceptors (Lipinski definition) is 0. The molecule has 1 nitrogen and oxygen atoms in total. The molecular weight excluding hydrogens is 417 g/mol. The molecule has 0 N–H and O–H groups in total. The predicted octanol–water partition coefficient (Wildman–Crippen LogP) is 2.25. The molecule has 0 saturated heterocycles. The Labute approximate surface area is 159 Å². The fourth-order valence-electron chi connectivity index (χ4n) is 3.69. The molecule has 1 heterocycles. The third kappa shape index (κ3) is 2.77. The first kappa shape index (κ1) is 16.7. The van der Waals surface area contributed by atoms with Gasteiger partial charge in [-0.25, -0.2) is 0 Å². The summed E-state index contributed by atoms with van der Waals surface area (Å²) in [4.78, 5) is 0. The molecule has 0 atom stereocenters. The molecule has 0 amide bonds. The normalized spacial score (nSPS) is 15.3. The second-order valence-corrected chi connectivity index (χ2v) is 7.19. The summed E-state index contributed by atoms with van der Waals surface area (Å²) in [6.07, 6.45) is 0. The number of benzene rings is 3. The highest BCUT2D eigenvalue weighted by molar-refractivity contribution is 6.37. The van der Waals surface area contributed by atoms with Crippen molar-refractivity contribution in [3.05, 3.63) is 70.7 Å². The first-order valence-electron chi connectivity index (χ1n) is 7.66. The van der Waals surface area contributed by atoms with Crippen molar-refractivity contribution in [2.75, 3.05) is 14.1 Å². The number of halogens is 2. The van der Waals surface area contributed by atoms with Crippen LogP contribution < -0.4 is 24.0 Å². The van der Waals surface area contributed by atoms with E-state index in [-0.39, 0.29) is 24.0 Å². The molecule has 23 heavy (non-hydrogen) atoms. The molecule has 0 aliphatic carbocycles. The smallest absolute Gasteiger partial charge is 0.106 e. The van der Waals surface area contributed by atoms with Crippen LogP contribution in [0.5, 0.6) is 0 Å².